The molecule has 0 aromatic rings. The molecule has 0 heterocycles. The van der Waals surface area contributed by atoms with Crippen molar-refractivity contribution in [3.05, 3.63) is 19.6 Å². The fraction of sp³-hybridized carbons (Fsp3) is 0. The second-order valence-electron chi connectivity index (χ2n) is 1.25. The molecule has 0 aliphatic heterocycles. The Hall–Kier alpha value is 1.89. The van der Waals surface area contributed by atoms with Crippen LogP contribution >= 0.6 is 13.5 Å². The van der Waals surface area contributed by atoms with Crippen LogP contribution in [-0.4, -0.2) is 14.7 Å². The van der Waals surface area contributed by atoms with Crippen LogP contribution in [0.1, 0.15) is 0 Å². The van der Waals surface area contributed by atoms with Gasteiger partial charge in [-0.25, -0.2) is 24.1 Å². The molecule has 0 rings (SSSR count). The zero-order valence-electron chi connectivity index (χ0n) is 7.68. The van der Waals surface area contributed by atoms with Gasteiger partial charge in [0.15, 0.2) is 0 Å². The molecule has 0 aliphatic carbocycles. The SMILES string of the molecule is C=C[CH2-].O=P(O)(O)O.[O-]P([O-])(=S)[S-].[Zn+2].[Zn+2]. The Morgan fingerprint density at radius 1 is 1.33 bits per heavy atom. The Balaban J connectivity index is -0.0000000322. The molecule has 0 aromatic heterocycles. The van der Waals surface area contributed by atoms with Crippen molar-refractivity contribution in [1.29, 1.82) is 0 Å². The Morgan fingerprint density at radius 2 is 1.33 bits per heavy atom. The van der Waals surface area contributed by atoms with Gasteiger partial charge in [0.2, 0.25) is 0 Å². The molecule has 3 N–H and O–H groups in total. The summed E-state index contributed by atoms with van der Waals surface area (Å²) in [7, 11) is -4.64. The Morgan fingerprint density at radius 3 is 1.33 bits per heavy atom. The van der Waals surface area contributed by atoms with Crippen LogP contribution in [0.4, 0.5) is 0 Å². The molecule has 0 atom stereocenters. The van der Waals surface area contributed by atoms with Gasteiger partial charge in [-0.15, -0.1) is 0 Å². The van der Waals surface area contributed by atoms with Crippen molar-refractivity contribution in [3.63, 3.8) is 0 Å². The van der Waals surface area contributed by atoms with Crippen LogP contribution in [-0.2, 0) is 67.6 Å². The van der Waals surface area contributed by atoms with Crippen molar-refractivity contribution in [1.82, 2.24) is 0 Å². The van der Waals surface area contributed by atoms with Crippen LogP contribution in [0.15, 0.2) is 12.7 Å². The first kappa shape index (κ1) is 30.2. The Bertz CT molecular complexity index is 178. The van der Waals surface area contributed by atoms with Gasteiger partial charge in [0.05, 0.1) is 0 Å². The van der Waals surface area contributed by atoms with E-state index in [1.807, 2.05) is 0 Å². The van der Waals surface area contributed by atoms with Crippen LogP contribution in [0.25, 0.3) is 0 Å². The molecule has 15 heavy (non-hydrogen) atoms. The van der Waals surface area contributed by atoms with Gasteiger partial charge in [-0.3, -0.25) is 0 Å². The molecule has 0 radical (unpaired) electrons. The maximum atomic E-state index is 9.29. The van der Waals surface area contributed by atoms with Crippen molar-refractivity contribution in [3.8, 4) is 0 Å². The van der Waals surface area contributed by atoms with Gasteiger partial charge >= 0.3 is 46.8 Å². The second kappa shape index (κ2) is 15.9. The largest absolute Gasteiger partial charge is 2.00 e. The maximum Gasteiger partial charge on any atom is 2.00 e. The fourth-order valence-electron chi connectivity index (χ4n) is 0. The van der Waals surface area contributed by atoms with E-state index in [4.69, 9.17) is 19.2 Å². The predicted molar refractivity (Wildman–Crippen MR) is 51.5 cm³/mol. The zero-order chi connectivity index (χ0) is 11.7. The fourth-order valence-corrected chi connectivity index (χ4v) is 0. The van der Waals surface area contributed by atoms with Crippen LogP contribution in [0, 0.1) is 6.92 Å². The summed E-state index contributed by atoms with van der Waals surface area (Å²) in [5.41, 5.74) is -3.72. The van der Waals surface area contributed by atoms with Crippen LogP contribution in [0.2, 0.25) is 0 Å². The van der Waals surface area contributed by atoms with E-state index in [1.54, 1.807) is 0 Å². The summed E-state index contributed by atoms with van der Waals surface area (Å²) in [5.74, 6) is 0. The van der Waals surface area contributed by atoms with Crippen molar-refractivity contribution in [2.75, 3.05) is 0 Å². The summed E-state index contributed by atoms with van der Waals surface area (Å²) in [6.07, 6.45) is 1.50. The van der Waals surface area contributed by atoms with E-state index in [9.17, 15) is 9.79 Å². The molecule has 0 saturated carbocycles. The average molecular weight is 397 g/mol. The van der Waals surface area contributed by atoms with Gasteiger partial charge in [-0.05, 0) is 0 Å². The minimum atomic E-state index is -4.64. The third kappa shape index (κ3) is 861. The van der Waals surface area contributed by atoms with Gasteiger partial charge in [0.1, 0.15) is 0 Å². The molecular formula is C3H8O6P2S2Zn2. The zero-order valence-corrected chi connectivity index (χ0v) is 17.0. The number of allylic oxidation sites excluding steroid dienone is 1. The Labute approximate surface area is 124 Å². The Kier molecular flexibility index (Phi) is 31.9. The summed E-state index contributed by atoms with van der Waals surface area (Å²) >= 11 is 7.28. The van der Waals surface area contributed by atoms with Crippen molar-refractivity contribution in [2.45, 2.75) is 0 Å². The minimum Gasteiger partial charge on any atom is -0.850 e. The third-order valence-corrected chi connectivity index (χ3v) is 0. The van der Waals surface area contributed by atoms with E-state index in [0.717, 1.165) is 0 Å². The summed E-state index contributed by atoms with van der Waals surface area (Å²) in [6.45, 7) is 6.50. The molecule has 0 aliphatic rings. The molecule has 12 heteroatoms. The van der Waals surface area contributed by atoms with E-state index >= 15 is 0 Å². The van der Waals surface area contributed by atoms with Crippen LogP contribution in [0.5, 0.6) is 0 Å². The van der Waals surface area contributed by atoms with Gasteiger partial charge in [0, 0.05) is 0 Å². The van der Waals surface area contributed by atoms with Crippen molar-refractivity contribution >= 4 is 37.6 Å². The van der Waals surface area contributed by atoms with Crippen LogP contribution in [0.3, 0.4) is 0 Å². The molecule has 0 bridgehead atoms. The summed E-state index contributed by atoms with van der Waals surface area (Å²) in [4.78, 5) is 40.1. The predicted octanol–water partition coefficient (Wildman–Crippen LogP) is -1.45. The summed E-state index contributed by atoms with van der Waals surface area (Å²) in [6, 6.07) is 0. The quantitative estimate of drug-likeness (QED) is 0.197. The van der Waals surface area contributed by atoms with Gasteiger partial charge < -0.3 is 42.4 Å². The smallest absolute Gasteiger partial charge is 0.850 e. The topological polar surface area (TPSA) is 124 Å². The first-order valence-electron chi connectivity index (χ1n) is 2.33. The minimum absolute atomic E-state index is 0. The molecule has 0 amide bonds. The number of rotatable bonds is 0. The standard InChI is InChI=1S/C3H5.H3O4P.H3O2PS2.2Zn/c1-3-2;1-5(2,3)4;1-3(2,4)5;;/h3H,1-2H2;(H3,1,2,3,4);(H3,1,2,4,5);;/q-1;;;2*+2/p-3. The number of hydrogen-bond acceptors (Lipinski definition) is 5. The molecule has 0 aromatic carbocycles. The normalized spacial score (nSPS) is 8.67. The number of hydrogen-bond donors (Lipinski definition) is 3. The molecule has 0 saturated heterocycles. The summed E-state index contributed by atoms with van der Waals surface area (Å²) < 4.78 is 8.88. The molecule has 0 unspecified atom stereocenters. The van der Waals surface area contributed by atoms with Crippen molar-refractivity contribution < 1.29 is 68.0 Å². The van der Waals surface area contributed by atoms with Crippen molar-refractivity contribution in [2.24, 2.45) is 0 Å². The third-order valence-electron chi connectivity index (χ3n) is 0. The van der Waals surface area contributed by atoms with Crippen LogP contribution < -0.4 is 9.79 Å². The van der Waals surface area contributed by atoms with E-state index in [-0.39, 0.29) is 39.0 Å². The van der Waals surface area contributed by atoms with Gasteiger partial charge in [0.25, 0.3) is 0 Å². The van der Waals surface area contributed by atoms with E-state index in [0.29, 0.717) is 0 Å². The first-order chi connectivity index (χ1) is 5.41. The average Bonchev–Trinajstić information content (AvgIpc) is 1.52. The molecule has 6 nitrogen and oxygen atoms in total. The molecular weight excluding hydrogens is 389 g/mol. The van der Waals surface area contributed by atoms with Gasteiger partial charge in [-0.1, -0.05) is 0 Å². The summed E-state index contributed by atoms with van der Waals surface area (Å²) in [5, 5.41) is 0. The second-order valence-corrected chi connectivity index (χ2v) is 6.75. The maximum absolute atomic E-state index is 9.29. The molecule has 0 fully saturated rings. The monoisotopic (exact) mass is 394 g/mol. The molecule has 0 spiro atoms. The van der Waals surface area contributed by atoms with E-state index < -0.39 is 13.5 Å². The van der Waals surface area contributed by atoms with Gasteiger partial charge in [-0.2, -0.15) is 11.8 Å². The first-order valence-corrected chi connectivity index (χ1v) is 7.55. The number of phosphoric acid groups is 1. The molecule has 82 valence electrons. The van der Waals surface area contributed by atoms with E-state index in [1.165, 1.54) is 6.08 Å². The van der Waals surface area contributed by atoms with E-state index in [2.05, 4.69) is 37.6 Å².